The van der Waals surface area contributed by atoms with Gasteiger partial charge in [0.05, 0.1) is 147 Å². The number of nitro groups is 2. The number of nitrogens with zero attached hydrogens (tertiary/aromatic N) is 3. The highest BCUT2D eigenvalue weighted by Gasteiger charge is 2.51. The summed E-state index contributed by atoms with van der Waals surface area (Å²) in [5, 5.41) is 33.3. The standard InChI is InChI=1S/C26H33N3O6.C26H33NO6.C21H26ClNO5.C19H20Cl2O4.C17H18N2O6.H2/c1-17-22(25(30)34-4)24(20-11-8-12-21(15-20)29(32)33)23(18(2)27-17)26(31)35-14-13-28(3)16-19-9-6-5-7-10-19;1-8-31-24(29)21-16(3)27-17(4)22(25(30)32-9-2)23(21)19-13-11-10-12-18(19)14-15-20(28)33-26(5,6)7;1-4-28-21(25)18-14(12-27-10-9-23)11-13(2)17(20(24)26-3)19(18)15-7-5-6-8-16(15)22;1-5-25-19(23)15-11(3)9-10(2)14(18(22)24-4)16(15)12-7-6-8-13(20)17(12)21;1-9-13(16(20)24-3)15(14(10(2)18-9)17(21)25-4)11-7-5-6-8-12(11)19(22)23;/h5-12,15,17-18,22-24,27H,13-14,16H2,1-4H3;10-15,23,27H,8-9H2,1-7H3;5-8,19H,4,9-12,23H2,1-3H3;6-8,16H,5,9H2,1-4H3;5-8,15,18H,1-4H3;1H/b;15-14+;;;;/t;;;16-;;/m...0../s1/i;;;;;1+2. The molecule has 1 saturated heterocycles. The molecule has 5 N–H and O–H groups in total. The van der Waals surface area contributed by atoms with Crippen molar-refractivity contribution in [2.45, 2.75) is 177 Å². The number of nitrogens with one attached hydrogen (secondary N) is 3. The molecule has 0 aromatic heterocycles. The van der Waals surface area contributed by atoms with Crippen LogP contribution in [0.1, 0.15) is 194 Å². The summed E-state index contributed by atoms with van der Waals surface area (Å²) in [5.74, 6) is -10.9. The molecule has 3 aliphatic heterocycles. The van der Waals surface area contributed by atoms with Crippen LogP contribution in [0.4, 0.5) is 11.4 Å². The van der Waals surface area contributed by atoms with E-state index in [-0.39, 0.29) is 81.2 Å². The van der Waals surface area contributed by atoms with Crippen molar-refractivity contribution in [2.24, 2.45) is 17.6 Å². The molecule has 0 spiro atoms. The van der Waals surface area contributed by atoms with Gasteiger partial charge < -0.3 is 78.5 Å². The van der Waals surface area contributed by atoms with Crippen LogP contribution in [0.15, 0.2) is 241 Å². The Morgan fingerprint density at radius 1 is 0.473 bits per heavy atom. The van der Waals surface area contributed by atoms with Gasteiger partial charge in [0.25, 0.3) is 11.4 Å². The number of non-ortho nitro benzene ring substituents is 1. The molecular formula is C109H132Cl3N7O27. The normalized spacial score (nSPS) is 18.0. The number of hydrogen-bond donors (Lipinski definition) is 4. The van der Waals surface area contributed by atoms with Crippen molar-refractivity contribution in [3.8, 4) is 0 Å². The summed E-state index contributed by atoms with van der Waals surface area (Å²) >= 11 is 19.0. The summed E-state index contributed by atoms with van der Waals surface area (Å²) in [5.41, 5.74) is 16.9. The van der Waals surface area contributed by atoms with Gasteiger partial charge in [0, 0.05) is 125 Å². The lowest BCUT2D eigenvalue weighted by Gasteiger charge is -2.44. The molecule has 786 valence electrons. The highest BCUT2D eigenvalue weighted by atomic mass is 35.5. The Hall–Kier alpha value is -13.7. The third-order valence-corrected chi connectivity index (χ3v) is 25.4. The van der Waals surface area contributed by atoms with Gasteiger partial charge in [-0.25, -0.2) is 43.2 Å². The molecule has 1 fully saturated rings. The highest BCUT2D eigenvalue weighted by Crippen LogP contribution is 2.50. The van der Waals surface area contributed by atoms with Gasteiger partial charge >= 0.3 is 65.7 Å². The van der Waals surface area contributed by atoms with Crippen molar-refractivity contribution < 1.29 is 121 Å². The largest absolute Gasteiger partial charge is 0.469 e. The molecule has 0 amide bonds. The van der Waals surface area contributed by atoms with Crippen LogP contribution < -0.4 is 21.7 Å². The van der Waals surface area contributed by atoms with Crippen LogP contribution in [0, 0.1) is 32.1 Å². The lowest BCUT2D eigenvalue weighted by Crippen LogP contribution is -2.58. The number of dihydropyridines is 2. The topological polar surface area (TPSA) is 450 Å². The van der Waals surface area contributed by atoms with Crippen LogP contribution in [0.2, 0.25) is 15.1 Å². The minimum atomic E-state index is -0.970. The highest BCUT2D eigenvalue weighted by molar-refractivity contribution is 6.42. The molecule has 6 unspecified atom stereocenters. The predicted molar refractivity (Wildman–Crippen MR) is 552 cm³/mol. The van der Waals surface area contributed by atoms with Gasteiger partial charge in [-0.05, 0) is 188 Å². The van der Waals surface area contributed by atoms with E-state index in [1.165, 1.54) is 72.0 Å². The molecule has 2 aliphatic carbocycles. The predicted octanol–water partition coefficient (Wildman–Crippen LogP) is 18.0. The maximum absolute atomic E-state index is 13.3. The second-order valence-corrected chi connectivity index (χ2v) is 36.5. The fourth-order valence-electron chi connectivity index (χ4n) is 18.2. The zero-order valence-electron chi connectivity index (χ0n) is 86.3. The summed E-state index contributed by atoms with van der Waals surface area (Å²) < 4.78 is 62.5. The number of methoxy groups -OCH3 is 5. The Morgan fingerprint density at radius 2 is 0.890 bits per heavy atom. The van der Waals surface area contributed by atoms with Crippen LogP contribution >= 0.6 is 34.8 Å². The van der Waals surface area contributed by atoms with Crippen LogP contribution in [0.5, 0.6) is 0 Å². The third-order valence-electron chi connectivity index (χ3n) is 24.3. The Morgan fingerprint density at radius 3 is 1.38 bits per heavy atom. The molecule has 6 aromatic carbocycles. The minimum Gasteiger partial charge on any atom is -0.469 e. The Labute approximate surface area is 867 Å². The molecular weight excluding hydrogens is 1950 g/mol. The second kappa shape index (κ2) is 56.7. The van der Waals surface area contributed by atoms with E-state index < -0.39 is 123 Å². The fourth-order valence-corrected chi connectivity index (χ4v) is 18.8. The number of rotatable bonds is 32. The maximum atomic E-state index is 13.3. The van der Waals surface area contributed by atoms with Crippen molar-refractivity contribution in [3.05, 3.63) is 316 Å². The van der Waals surface area contributed by atoms with E-state index in [0.29, 0.717) is 132 Å². The number of para-hydroxylation sites is 1. The van der Waals surface area contributed by atoms with E-state index in [2.05, 4.69) is 20.9 Å². The number of nitrogens with two attached hydrogens (primary N) is 1. The number of carbonyl (C=O) groups is 11. The molecule has 7 atom stereocenters. The summed E-state index contributed by atoms with van der Waals surface area (Å²) in [6, 6.07) is 41.0. The average Bonchev–Trinajstić information content (AvgIpc) is 0.776. The van der Waals surface area contributed by atoms with Crippen LogP contribution in [-0.2, 0) is 116 Å². The lowest BCUT2D eigenvalue weighted by atomic mass is 9.68. The molecule has 11 rings (SSSR count). The zero-order valence-corrected chi connectivity index (χ0v) is 88.5. The van der Waals surface area contributed by atoms with E-state index in [0.717, 1.165) is 34.4 Å². The van der Waals surface area contributed by atoms with E-state index >= 15 is 0 Å². The van der Waals surface area contributed by atoms with Crippen molar-refractivity contribution in [3.63, 3.8) is 0 Å². The first-order valence-corrected chi connectivity index (χ1v) is 48.3. The number of hydrogen-bond acceptors (Lipinski definition) is 32. The molecule has 0 saturated carbocycles. The van der Waals surface area contributed by atoms with Gasteiger partial charge in [0.1, 0.15) is 12.2 Å². The van der Waals surface area contributed by atoms with Gasteiger partial charge in [-0.1, -0.05) is 167 Å². The molecule has 0 radical (unpaired) electrons. The van der Waals surface area contributed by atoms with Gasteiger partial charge in [0.15, 0.2) is 0 Å². The van der Waals surface area contributed by atoms with E-state index in [1.54, 1.807) is 137 Å². The third kappa shape index (κ3) is 30.7. The molecule has 3 heterocycles. The van der Waals surface area contributed by atoms with Gasteiger partial charge in [-0.3, -0.25) is 34.7 Å². The van der Waals surface area contributed by atoms with E-state index in [4.69, 9.17) is 97.4 Å². The van der Waals surface area contributed by atoms with Crippen LogP contribution in [0.25, 0.3) is 6.08 Å². The minimum absolute atomic E-state index is 0. The molecule has 37 heteroatoms. The Bertz CT molecular complexity index is 6050. The summed E-state index contributed by atoms with van der Waals surface area (Å²) in [6.07, 6.45) is 3.87. The first-order chi connectivity index (χ1) is 69.3. The number of carbonyl (C=O) groups excluding carboxylic acids is 11. The zero-order chi connectivity index (χ0) is 108. The maximum Gasteiger partial charge on any atom is 0.336 e. The smallest absolute Gasteiger partial charge is 0.336 e. The second-order valence-electron chi connectivity index (χ2n) is 35.3. The number of benzene rings is 6. The summed E-state index contributed by atoms with van der Waals surface area (Å²) in [4.78, 5) is 163. The fraction of sp³-hybridized carbons (Fsp3) is 0.404. The lowest BCUT2D eigenvalue weighted by molar-refractivity contribution is -0.385. The van der Waals surface area contributed by atoms with E-state index in [9.17, 15) is 73.0 Å². The number of likely N-dealkylation sites (N-methyl/N-ethyl adjacent to an activating group) is 1. The SMILES string of the molecule is CCOC(=O)C1=C(C)CC(C)=C(C(=O)OC)[C@@H]1c1cccc(Cl)c1Cl.CCOC(=O)C1=C(C)NC(C)=C(C(=O)OCC)C1c1ccccc1/C=C/C(=O)OC(C)(C)C.CCOC(=O)C1=C(COCCN)CC(C)=C(C(=O)OC)C1c1ccccc1Cl.COC(=O)C1=C(C)NC(C)=C(C(=O)OC)C1c1ccccc1[N+](=O)[O-].COC(=O)C1C(C)NC(C)C(C(=O)OCCN(C)Cc2ccccc2)C1c1cccc([N+](=O)[O-])c1.[3HH]. The van der Waals surface area contributed by atoms with E-state index in [1.807, 2.05) is 102 Å². The molecule has 6 aromatic rings. The van der Waals surface area contributed by atoms with Crippen LogP contribution in [-0.4, -0.2) is 200 Å². The number of ether oxygens (including phenoxy) is 12. The van der Waals surface area contributed by atoms with Gasteiger partial charge in [-0.2, -0.15) is 0 Å². The van der Waals surface area contributed by atoms with Crippen LogP contribution in [0.3, 0.4) is 0 Å². The molecule has 34 nitrogen and oxygen atoms in total. The monoisotopic (exact) mass is 2080 g/mol. The number of halogens is 3. The molecule has 0 bridgehead atoms. The summed E-state index contributed by atoms with van der Waals surface area (Å²) in [7, 11) is 8.30. The Kier molecular flexibility index (Phi) is 46.3. The molecule has 146 heavy (non-hydrogen) atoms. The number of esters is 11. The summed E-state index contributed by atoms with van der Waals surface area (Å²) in [6.45, 7) is 31.6. The first kappa shape index (κ1) is 119. The Balaban J connectivity index is 0.000000282. The molecule has 5 aliphatic rings. The van der Waals surface area contributed by atoms with Crippen molar-refractivity contribution in [2.75, 3.05) is 102 Å². The number of allylic oxidation sites excluding steroid dienone is 7. The van der Waals surface area contributed by atoms with Crippen molar-refractivity contribution in [1.82, 2.24) is 20.9 Å². The number of piperidine rings is 1. The van der Waals surface area contributed by atoms with Gasteiger partial charge in [0.2, 0.25) is 0 Å². The first-order valence-electron chi connectivity index (χ1n) is 47.2. The van der Waals surface area contributed by atoms with Gasteiger partial charge in [-0.15, -0.1) is 0 Å². The number of nitro benzene ring substituents is 2. The quantitative estimate of drug-likeness (QED) is 0.00761. The van der Waals surface area contributed by atoms with Crippen molar-refractivity contribution >= 4 is 118 Å². The van der Waals surface area contributed by atoms with Crippen molar-refractivity contribution in [1.29, 1.82) is 0 Å². The average molecular weight is 2080 g/mol.